The molecule has 1 aromatic rings. The molecule has 1 aromatic carbocycles. The Labute approximate surface area is 128 Å². The summed E-state index contributed by atoms with van der Waals surface area (Å²) in [5, 5.41) is 0. The van der Waals surface area contributed by atoms with Gasteiger partial charge in [0.2, 0.25) is 0 Å². The van der Waals surface area contributed by atoms with Gasteiger partial charge in [0.25, 0.3) is 0 Å². The Hall–Kier alpha value is -1.77. The van der Waals surface area contributed by atoms with Crippen molar-refractivity contribution in [2.24, 2.45) is 0 Å². The summed E-state index contributed by atoms with van der Waals surface area (Å²) < 4.78 is 10.5. The van der Waals surface area contributed by atoms with Gasteiger partial charge in [0.05, 0.1) is 14.2 Å². The molecule has 0 atom stereocenters. The van der Waals surface area contributed by atoms with Crippen LogP contribution in [0.4, 0.5) is 0 Å². The van der Waals surface area contributed by atoms with Crippen molar-refractivity contribution in [2.75, 3.05) is 14.2 Å². The summed E-state index contributed by atoms with van der Waals surface area (Å²) in [6.07, 6.45) is 9.34. The van der Waals surface area contributed by atoms with E-state index in [2.05, 4.69) is 13.0 Å². The van der Waals surface area contributed by atoms with Crippen LogP contribution >= 0.6 is 0 Å². The van der Waals surface area contributed by atoms with Gasteiger partial charge in [0.1, 0.15) is 0 Å². The third kappa shape index (κ3) is 6.48. The molecule has 0 amide bonds. The summed E-state index contributed by atoms with van der Waals surface area (Å²) in [6, 6.07) is 5.99. The standard InChI is InChI=1S/C18H26O3/c1-4-5-10-16(19)11-8-6-7-9-15-12-13-17(20-2)18(14-15)21-3/h8,11-14H,4-7,9-10H2,1-3H3. The van der Waals surface area contributed by atoms with E-state index < -0.39 is 0 Å². The van der Waals surface area contributed by atoms with E-state index in [1.165, 1.54) is 5.56 Å². The van der Waals surface area contributed by atoms with Crippen molar-refractivity contribution in [3.05, 3.63) is 35.9 Å². The first-order valence-electron chi connectivity index (χ1n) is 7.61. The number of hydrogen-bond donors (Lipinski definition) is 0. The number of rotatable bonds is 10. The van der Waals surface area contributed by atoms with Crippen LogP contribution in [0.2, 0.25) is 0 Å². The van der Waals surface area contributed by atoms with Crippen molar-refractivity contribution in [1.29, 1.82) is 0 Å². The van der Waals surface area contributed by atoms with Gasteiger partial charge in [-0.2, -0.15) is 0 Å². The zero-order valence-corrected chi connectivity index (χ0v) is 13.4. The number of ether oxygens (including phenoxy) is 2. The number of aryl methyl sites for hydroxylation is 1. The highest BCUT2D eigenvalue weighted by molar-refractivity contribution is 5.89. The average Bonchev–Trinajstić information content (AvgIpc) is 2.52. The Morgan fingerprint density at radius 3 is 2.57 bits per heavy atom. The van der Waals surface area contributed by atoms with Crippen molar-refractivity contribution in [3.63, 3.8) is 0 Å². The summed E-state index contributed by atoms with van der Waals surface area (Å²) in [7, 11) is 3.28. The zero-order chi connectivity index (χ0) is 15.5. The predicted molar refractivity (Wildman–Crippen MR) is 86.2 cm³/mol. The summed E-state index contributed by atoms with van der Waals surface area (Å²) in [5.74, 6) is 1.76. The van der Waals surface area contributed by atoms with Crippen molar-refractivity contribution in [1.82, 2.24) is 0 Å². The van der Waals surface area contributed by atoms with Gasteiger partial charge in [-0.05, 0) is 49.5 Å². The van der Waals surface area contributed by atoms with Gasteiger partial charge in [-0.15, -0.1) is 0 Å². The molecule has 0 aliphatic carbocycles. The van der Waals surface area contributed by atoms with E-state index in [9.17, 15) is 4.79 Å². The Morgan fingerprint density at radius 1 is 1.14 bits per heavy atom. The van der Waals surface area contributed by atoms with E-state index in [-0.39, 0.29) is 5.78 Å². The fourth-order valence-electron chi connectivity index (χ4n) is 2.11. The van der Waals surface area contributed by atoms with Crippen LogP contribution in [-0.4, -0.2) is 20.0 Å². The van der Waals surface area contributed by atoms with E-state index in [1.807, 2.05) is 18.2 Å². The Bertz CT molecular complexity index is 464. The molecular formula is C18H26O3. The van der Waals surface area contributed by atoms with E-state index in [4.69, 9.17) is 9.47 Å². The highest BCUT2D eigenvalue weighted by Crippen LogP contribution is 2.28. The maximum atomic E-state index is 11.5. The van der Waals surface area contributed by atoms with Crippen LogP contribution in [0.25, 0.3) is 0 Å². The van der Waals surface area contributed by atoms with Gasteiger partial charge in [0, 0.05) is 6.42 Å². The molecule has 21 heavy (non-hydrogen) atoms. The van der Waals surface area contributed by atoms with Crippen LogP contribution in [0.1, 0.15) is 44.6 Å². The molecule has 116 valence electrons. The molecule has 0 aromatic heterocycles. The van der Waals surface area contributed by atoms with Gasteiger partial charge in [-0.3, -0.25) is 4.79 Å². The molecule has 1 rings (SSSR count). The summed E-state index contributed by atoms with van der Waals surface area (Å²) >= 11 is 0. The first kappa shape index (κ1) is 17.3. The van der Waals surface area contributed by atoms with E-state index in [1.54, 1.807) is 20.3 Å². The molecule has 0 aliphatic heterocycles. The summed E-state index contributed by atoms with van der Waals surface area (Å²) in [5.41, 5.74) is 1.22. The predicted octanol–water partition coefficient (Wildman–Crippen LogP) is 4.34. The lowest BCUT2D eigenvalue weighted by Crippen LogP contribution is -1.93. The van der Waals surface area contributed by atoms with E-state index in [0.29, 0.717) is 6.42 Å². The number of benzene rings is 1. The number of ketones is 1. The normalized spacial score (nSPS) is 10.8. The third-order valence-corrected chi connectivity index (χ3v) is 3.36. The molecule has 0 heterocycles. The molecule has 3 heteroatoms. The second-order valence-corrected chi connectivity index (χ2v) is 5.05. The van der Waals surface area contributed by atoms with Crippen molar-refractivity contribution < 1.29 is 14.3 Å². The summed E-state index contributed by atoms with van der Waals surface area (Å²) in [6.45, 7) is 2.10. The highest BCUT2D eigenvalue weighted by atomic mass is 16.5. The molecular weight excluding hydrogens is 264 g/mol. The molecule has 0 N–H and O–H groups in total. The molecule has 0 fully saturated rings. The fraction of sp³-hybridized carbons (Fsp3) is 0.500. The van der Waals surface area contributed by atoms with Crippen LogP contribution in [-0.2, 0) is 11.2 Å². The lowest BCUT2D eigenvalue weighted by molar-refractivity contribution is -0.114. The number of unbranched alkanes of at least 4 members (excludes halogenated alkanes) is 2. The van der Waals surface area contributed by atoms with Crippen LogP contribution in [0.3, 0.4) is 0 Å². The Kier molecular flexibility index (Phi) is 8.25. The minimum absolute atomic E-state index is 0.239. The lowest BCUT2D eigenvalue weighted by atomic mass is 10.1. The second-order valence-electron chi connectivity index (χ2n) is 5.05. The highest BCUT2D eigenvalue weighted by Gasteiger charge is 2.04. The Morgan fingerprint density at radius 2 is 1.90 bits per heavy atom. The fourth-order valence-corrected chi connectivity index (χ4v) is 2.11. The molecule has 0 aliphatic rings. The lowest BCUT2D eigenvalue weighted by Gasteiger charge is -2.09. The monoisotopic (exact) mass is 290 g/mol. The quantitative estimate of drug-likeness (QED) is 0.475. The number of hydrogen-bond acceptors (Lipinski definition) is 3. The molecule has 3 nitrogen and oxygen atoms in total. The number of allylic oxidation sites excluding steroid dienone is 2. The minimum Gasteiger partial charge on any atom is -0.493 e. The van der Waals surface area contributed by atoms with Crippen molar-refractivity contribution >= 4 is 5.78 Å². The average molecular weight is 290 g/mol. The first-order chi connectivity index (χ1) is 10.2. The summed E-state index contributed by atoms with van der Waals surface area (Å²) in [4.78, 5) is 11.5. The maximum Gasteiger partial charge on any atom is 0.160 e. The number of carbonyl (C=O) groups excluding carboxylic acids is 1. The van der Waals surface area contributed by atoms with Gasteiger partial charge >= 0.3 is 0 Å². The van der Waals surface area contributed by atoms with Gasteiger partial charge < -0.3 is 9.47 Å². The van der Waals surface area contributed by atoms with E-state index in [0.717, 1.165) is 43.6 Å². The number of methoxy groups -OCH3 is 2. The third-order valence-electron chi connectivity index (χ3n) is 3.36. The second kappa shape index (κ2) is 10.0. The van der Waals surface area contributed by atoms with Crippen LogP contribution in [0, 0.1) is 0 Å². The van der Waals surface area contributed by atoms with Crippen molar-refractivity contribution in [3.8, 4) is 11.5 Å². The number of carbonyl (C=O) groups is 1. The molecule has 0 saturated carbocycles. The topological polar surface area (TPSA) is 35.5 Å². The van der Waals surface area contributed by atoms with Crippen LogP contribution < -0.4 is 9.47 Å². The molecule has 0 spiro atoms. The van der Waals surface area contributed by atoms with Gasteiger partial charge in [-0.25, -0.2) is 0 Å². The van der Waals surface area contributed by atoms with Crippen LogP contribution in [0.15, 0.2) is 30.4 Å². The van der Waals surface area contributed by atoms with E-state index >= 15 is 0 Å². The molecule has 0 radical (unpaired) electrons. The van der Waals surface area contributed by atoms with Gasteiger partial charge in [0.15, 0.2) is 17.3 Å². The zero-order valence-electron chi connectivity index (χ0n) is 13.4. The molecule has 0 saturated heterocycles. The maximum absolute atomic E-state index is 11.5. The Balaban J connectivity index is 2.36. The van der Waals surface area contributed by atoms with Gasteiger partial charge in [-0.1, -0.05) is 25.5 Å². The minimum atomic E-state index is 0.239. The smallest absolute Gasteiger partial charge is 0.160 e. The molecule has 0 unspecified atom stereocenters. The van der Waals surface area contributed by atoms with Crippen LogP contribution in [0.5, 0.6) is 11.5 Å². The van der Waals surface area contributed by atoms with Crippen molar-refractivity contribution in [2.45, 2.75) is 45.4 Å². The first-order valence-corrected chi connectivity index (χ1v) is 7.61. The molecule has 0 bridgehead atoms. The largest absolute Gasteiger partial charge is 0.493 e. The SMILES string of the molecule is CCCCC(=O)C=CCCCc1ccc(OC)c(OC)c1.